The van der Waals surface area contributed by atoms with Gasteiger partial charge in [-0.25, -0.2) is 4.39 Å². The standard InChI is InChI=1S/C17H25F/c1-4-10-15(11-12-16(18)5-2)17(3)13-8-6-7-9-14-17/h4-5,10-12H,2,6-9,13-14H2,1,3H3/b10-4-,15-11+,16-12+. The van der Waals surface area contributed by atoms with Gasteiger partial charge in [0.05, 0.1) is 0 Å². The first-order valence-corrected chi connectivity index (χ1v) is 6.95. The van der Waals surface area contributed by atoms with E-state index in [9.17, 15) is 4.39 Å². The van der Waals surface area contributed by atoms with Crippen LogP contribution in [0, 0.1) is 5.41 Å². The van der Waals surface area contributed by atoms with E-state index < -0.39 is 0 Å². The topological polar surface area (TPSA) is 0 Å². The van der Waals surface area contributed by atoms with Gasteiger partial charge in [0, 0.05) is 0 Å². The summed E-state index contributed by atoms with van der Waals surface area (Å²) in [7, 11) is 0. The van der Waals surface area contributed by atoms with Crippen LogP contribution in [-0.4, -0.2) is 0 Å². The van der Waals surface area contributed by atoms with E-state index in [2.05, 4.69) is 19.6 Å². The first-order valence-electron chi connectivity index (χ1n) is 6.95. The van der Waals surface area contributed by atoms with E-state index in [0.29, 0.717) is 0 Å². The van der Waals surface area contributed by atoms with Crippen LogP contribution >= 0.6 is 0 Å². The van der Waals surface area contributed by atoms with Gasteiger partial charge in [-0.05, 0) is 42.9 Å². The van der Waals surface area contributed by atoms with Gasteiger partial charge in [0.1, 0.15) is 5.83 Å². The van der Waals surface area contributed by atoms with Gasteiger partial charge < -0.3 is 0 Å². The summed E-state index contributed by atoms with van der Waals surface area (Å²) in [5.74, 6) is -0.269. The molecule has 0 N–H and O–H groups in total. The minimum Gasteiger partial charge on any atom is -0.207 e. The van der Waals surface area contributed by atoms with E-state index in [1.165, 1.54) is 56.3 Å². The van der Waals surface area contributed by atoms with Crippen LogP contribution in [0.15, 0.2) is 48.4 Å². The Balaban J connectivity index is 2.98. The van der Waals surface area contributed by atoms with Crippen molar-refractivity contribution in [3.05, 3.63) is 48.4 Å². The zero-order valence-corrected chi connectivity index (χ0v) is 11.7. The molecule has 0 radical (unpaired) electrons. The highest BCUT2D eigenvalue weighted by atomic mass is 19.1. The van der Waals surface area contributed by atoms with E-state index in [1.807, 2.05) is 19.1 Å². The smallest absolute Gasteiger partial charge is 0.122 e. The zero-order valence-electron chi connectivity index (χ0n) is 11.7. The van der Waals surface area contributed by atoms with Crippen LogP contribution in [0.3, 0.4) is 0 Å². The summed E-state index contributed by atoms with van der Waals surface area (Å²) in [5.41, 5.74) is 1.44. The molecule has 1 rings (SSSR count). The summed E-state index contributed by atoms with van der Waals surface area (Å²) < 4.78 is 13.2. The SMILES string of the molecule is C=C\C(F)=C/C=C(\C=C/C)C1(C)CCCCCC1. The molecule has 1 saturated carbocycles. The Morgan fingerprint density at radius 2 is 1.72 bits per heavy atom. The Labute approximate surface area is 111 Å². The highest BCUT2D eigenvalue weighted by Crippen LogP contribution is 2.41. The summed E-state index contributed by atoms with van der Waals surface area (Å²) >= 11 is 0. The monoisotopic (exact) mass is 248 g/mol. The first kappa shape index (κ1) is 14.9. The fraction of sp³-hybridized carbons (Fsp3) is 0.529. The lowest BCUT2D eigenvalue weighted by Gasteiger charge is -2.29. The molecule has 0 heterocycles. The molecule has 0 saturated heterocycles. The molecular formula is C17H25F. The Hall–Kier alpha value is -1.11. The zero-order chi connectivity index (χ0) is 13.4. The Bertz CT molecular complexity index is 350. The van der Waals surface area contributed by atoms with Crippen molar-refractivity contribution in [2.75, 3.05) is 0 Å². The minimum absolute atomic E-state index is 0.195. The predicted molar refractivity (Wildman–Crippen MR) is 78.1 cm³/mol. The van der Waals surface area contributed by atoms with Crippen molar-refractivity contribution in [3.8, 4) is 0 Å². The molecular weight excluding hydrogens is 223 g/mol. The van der Waals surface area contributed by atoms with Gasteiger partial charge in [-0.2, -0.15) is 0 Å². The second kappa shape index (κ2) is 7.35. The summed E-state index contributed by atoms with van der Waals surface area (Å²) in [5, 5.41) is 0. The summed E-state index contributed by atoms with van der Waals surface area (Å²) in [6.45, 7) is 7.76. The van der Waals surface area contributed by atoms with Crippen molar-refractivity contribution < 1.29 is 4.39 Å². The fourth-order valence-corrected chi connectivity index (χ4v) is 2.67. The molecule has 0 nitrogen and oxygen atoms in total. The van der Waals surface area contributed by atoms with Gasteiger partial charge in [-0.1, -0.05) is 57.4 Å². The quantitative estimate of drug-likeness (QED) is 0.430. The highest BCUT2D eigenvalue weighted by molar-refractivity contribution is 5.32. The Morgan fingerprint density at radius 1 is 1.11 bits per heavy atom. The minimum atomic E-state index is -0.269. The first-order chi connectivity index (χ1) is 8.62. The van der Waals surface area contributed by atoms with Crippen molar-refractivity contribution in [3.63, 3.8) is 0 Å². The lowest BCUT2D eigenvalue weighted by atomic mass is 9.75. The molecule has 0 spiro atoms. The molecule has 1 fully saturated rings. The summed E-state index contributed by atoms with van der Waals surface area (Å²) in [6, 6.07) is 0. The number of rotatable bonds is 4. The third-order valence-corrected chi connectivity index (χ3v) is 3.87. The lowest BCUT2D eigenvalue weighted by Crippen LogP contribution is -2.17. The van der Waals surface area contributed by atoms with Crippen molar-refractivity contribution in [1.29, 1.82) is 0 Å². The molecule has 0 aromatic heterocycles. The molecule has 100 valence electrons. The maximum Gasteiger partial charge on any atom is 0.122 e. The van der Waals surface area contributed by atoms with E-state index in [-0.39, 0.29) is 11.2 Å². The van der Waals surface area contributed by atoms with E-state index in [4.69, 9.17) is 0 Å². The molecule has 0 aromatic carbocycles. The molecule has 18 heavy (non-hydrogen) atoms. The number of hydrogen-bond acceptors (Lipinski definition) is 0. The van der Waals surface area contributed by atoms with E-state index in [1.54, 1.807) is 0 Å². The average Bonchev–Trinajstić information content (AvgIpc) is 2.59. The predicted octanol–water partition coefficient (Wildman–Crippen LogP) is 5.89. The lowest BCUT2D eigenvalue weighted by molar-refractivity contribution is 0.350. The summed E-state index contributed by atoms with van der Waals surface area (Å²) in [6.07, 6.45) is 16.5. The third-order valence-electron chi connectivity index (χ3n) is 3.87. The summed E-state index contributed by atoms with van der Waals surface area (Å²) in [4.78, 5) is 0. The molecule has 0 atom stereocenters. The molecule has 1 aliphatic carbocycles. The van der Waals surface area contributed by atoms with Crippen molar-refractivity contribution in [2.45, 2.75) is 52.4 Å². The van der Waals surface area contributed by atoms with Crippen molar-refractivity contribution in [2.24, 2.45) is 5.41 Å². The highest BCUT2D eigenvalue weighted by Gasteiger charge is 2.27. The number of halogens is 1. The van der Waals surface area contributed by atoms with Crippen LogP contribution in [0.2, 0.25) is 0 Å². The van der Waals surface area contributed by atoms with Crippen LogP contribution in [-0.2, 0) is 0 Å². The molecule has 0 amide bonds. The van der Waals surface area contributed by atoms with Crippen LogP contribution in [0.25, 0.3) is 0 Å². The van der Waals surface area contributed by atoms with Crippen LogP contribution in [0.1, 0.15) is 52.4 Å². The number of allylic oxidation sites excluding steroid dienone is 7. The second-order valence-electron chi connectivity index (χ2n) is 5.35. The average molecular weight is 248 g/mol. The normalized spacial score (nSPS) is 21.9. The van der Waals surface area contributed by atoms with Crippen molar-refractivity contribution >= 4 is 0 Å². The van der Waals surface area contributed by atoms with Gasteiger partial charge >= 0.3 is 0 Å². The molecule has 1 heteroatoms. The molecule has 0 aromatic rings. The van der Waals surface area contributed by atoms with Gasteiger partial charge in [-0.15, -0.1) is 0 Å². The van der Waals surface area contributed by atoms with Crippen LogP contribution in [0.4, 0.5) is 4.39 Å². The van der Waals surface area contributed by atoms with E-state index >= 15 is 0 Å². The maximum atomic E-state index is 13.2. The van der Waals surface area contributed by atoms with Gasteiger partial charge in [0.2, 0.25) is 0 Å². The molecule has 0 aliphatic heterocycles. The largest absolute Gasteiger partial charge is 0.207 e. The molecule has 1 aliphatic rings. The molecule has 0 unspecified atom stereocenters. The molecule has 0 bridgehead atoms. The van der Waals surface area contributed by atoms with Gasteiger partial charge in [0.15, 0.2) is 0 Å². The second-order valence-corrected chi connectivity index (χ2v) is 5.35. The maximum absolute atomic E-state index is 13.2. The van der Waals surface area contributed by atoms with Crippen molar-refractivity contribution in [1.82, 2.24) is 0 Å². The van der Waals surface area contributed by atoms with E-state index in [0.717, 1.165) is 0 Å². The third kappa shape index (κ3) is 4.29. The van der Waals surface area contributed by atoms with Gasteiger partial charge in [-0.3, -0.25) is 0 Å². The Kier molecular flexibility index (Phi) is 6.11. The van der Waals surface area contributed by atoms with Gasteiger partial charge in [0.25, 0.3) is 0 Å². The van der Waals surface area contributed by atoms with Crippen LogP contribution in [0.5, 0.6) is 0 Å². The Morgan fingerprint density at radius 3 is 2.22 bits per heavy atom. The number of hydrogen-bond donors (Lipinski definition) is 0. The van der Waals surface area contributed by atoms with Crippen LogP contribution < -0.4 is 0 Å². The fourth-order valence-electron chi connectivity index (χ4n) is 2.67.